The van der Waals surface area contributed by atoms with Gasteiger partial charge < -0.3 is 9.80 Å². The summed E-state index contributed by atoms with van der Waals surface area (Å²) in [5, 5.41) is 3.88. The summed E-state index contributed by atoms with van der Waals surface area (Å²) in [6.07, 6.45) is 0. The van der Waals surface area contributed by atoms with E-state index in [4.69, 9.17) is 0 Å². The molecule has 1 aromatic carbocycles. The SMILES string of the molecule is CN1CCN(NC(=O)c2ccc(C(=O)NN3CCN(C)CC3)cc2)CC1. The van der Waals surface area contributed by atoms with Crippen molar-refractivity contribution in [3.63, 3.8) is 0 Å². The summed E-state index contributed by atoms with van der Waals surface area (Å²) >= 11 is 0. The average Bonchev–Trinajstić information content (AvgIpc) is 2.65. The Balaban J connectivity index is 1.51. The van der Waals surface area contributed by atoms with Gasteiger partial charge in [-0.3, -0.25) is 20.4 Å². The fourth-order valence-corrected chi connectivity index (χ4v) is 3.03. The van der Waals surface area contributed by atoms with Gasteiger partial charge in [-0.05, 0) is 38.4 Å². The Morgan fingerprint density at radius 2 is 0.962 bits per heavy atom. The summed E-state index contributed by atoms with van der Waals surface area (Å²) in [4.78, 5) is 29.2. The molecule has 2 aliphatic rings. The molecule has 2 heterocycles. The van der Waals surface area contributed by atoms with Crippen LogP contribution in [0.1, 0.15) is 20.7 Å². The molecule has 2 fully saturated rings. The van der Waals surface area contributed by atoms with E-state index in [1.807, 2.05) is 10.0 Å². The minimum Gasteiger partial charge on any atom is -0.304 e. The molecule has 2 N–H and O–H groups in total. The Bertz CT molecular complexity index is 564. The molecule has 2 saturated heterocycles. The number of hydrogen-bond acceptors (Lipinski definition) is 6. The number of nitrogens with zero attached hydrogens (tertiary/aromatic N) is 4. The van der Waals surface area contributed by atoms with Gasteiger partial charge in [-0.2, -0.15) is 0 Å². The second-order valence-corrected chi connectivity index (χ2v) is 7.04. The summed E-state index contributed by atoms with van der Waals surface area (Å²) in [7, 11) is 4.15. The highest BCUT2D eigenvalue weighted by Gasteiger charge is 2.18. The molecule has 142 valence electrons. The number of benzene rings is 1. The molecule has 0 bridgehead atoms. The Morgan fingerprint density at radius 3 is 1.27 bits per heavy atom. The molecule has 2 amide bonds. The van der Waals surface area contributed by atoms with E-state index in [9.17, 15) is 9.59 Å². The molecule has 3 rings (SSSR count). The second-order valence-electron chi connectivity index (χ2n) is 7.04. The quantitative estimate of drug-likeness (QED) is 0.752. The van der Waals surface area contributed by atoms with E-state index < -0.39 is 0 Å². The third kappa shape index (κ3) is 5.01. The van der Waals surface area contributed by atoms with Gasteiger partial charge in [0, 0.05) is 63.5 Å². The molecule has 0 spiro atoms. The van der Waals surface area contributed by atoms with Crippen LogP contribution in [0.4, 0.5) is 0 Å². The number of nitrogens with one attached hydrogen (secondary N) is 2. The van der Waals surface area contributed by atoms with Gasteiger partial charge in [0.2, 0.25) is 0 Å². The van der Waals surface area contributed by atoms with Crippen LogP contribution in [-0.4, -0.2) is 98.1 Å². The number of hydrogen-bond donors (Lipinski definition) is 2. The maximum atomic E-state index is 12.3. The van der Waals surface area contributed by atoms with Crippen LogP contribution in [0, 0.1) is 0 Å². The lowest BCUT2D eigenvalue weighted by molar-refractivity contribution is 0.0653. The number of amides is 2. The number of carbonyl (C=O) groups is 2. The lowest BCUT2D eigenvalue weighted by Crippen LogP contribution is -2.52. The first kappa shape index (κ1) is 18.8. The summed E-state index contributed by atoms with van der Waals surface area (Å²) in [5.41, 5.74) is 6.97. The van der Waals surface area contributed by atoms with Crippen LogP contribution < -0.4 is 10.9 Å². The van der Waals surface area contributed by atoms with E-state index in [0.717, 1.165) is 52.4 Å². The zero-order valence-electron chi connectivity index (χ0n) is 15.6. The Morgan fingerprint density at radius 1 is 0.654 bits per heavy atom. The van der Waals surface area contributed by atoms with Crippen molar-refractivity contribution in [2.24, 2.45) is 0 Å². The second kappa shape index (κ2) is 8.59. The van der Waals surface area contributed by atoms with Crippen LogP contribution in [0.15, 0.2) is 24.3 Å². The highest BCUT2D eigenvalue weighted by molar-refractivity contribution is 5.97. The van der Waals surface area contributed by atoms with E-state index >= 15 is 0 Å². The van der Waals surface area contributed by atoms with Crippen molar-refractivity contribution in [3.05, 3.63) is 35.4 Å². The smallest absolute Gasteiger partial charge is 0.265 e. The topological polar surface area (TPSA) is 71.2 Å². The van der Waals surface area contributed by atoms with Crippen molar-refractivity contribution in [2.75, 3.05) is 66.5 Å². The van der Waals surface area contributed by atoms with E-state index in [2.05, 4.69) is 34.7 Å². The molecule has 8 heteroatoms. The molecule has 0 saturated carbocycles. The van der Waals surface area contributed by atoms with Gasteiger partial charge in [0.25, 0.3) is 11.8 Å². The zero-order chi connectivity index (χ0) is 18.5. The maximum Gasteiger partial charge on any atom is 0.265 e. The predicted molar refractivity (Wildman–Crippen MR) is 99.5 cm³/mol. The van der Waals surface area contributed by atoms with Gasteiger partial charge in [0.1, 0.15) is 0 Å². The van der Waals surface area contributed by atoms with E-state index in [1.165, 1.54) is 0 Å². The standard InChI is InChI=1S/C18H28N6O2/c1-21-7-11-23(12-8-21)19-17(25)15-3-5-16(6-4-15)18(26)20-24-13-9-22(2)10-14-24/h3-6H,7-14H2,1-2H3,(H,19,25)(H,20,26). The average molecular weight is 360 g/mol. The molecular formula is C18H28N6O2. The molecular weight excluding hydrogens is 332 g/mol. The first-order valence-electron chi connectivity index (χ1n) is 9.10. The van der Waals surface area contributed by atoms with Crippen molar-refractivity contribution >= 4 is 11.8 Å². The first-order chi connectivity index (χ1) is 12.5. The molecule has 0 aliphatic carbocycles. The minimum absolute atomic E-state index is 0.138. The fourth-order valence-electron chi connectivity index (χ4n) is 3.03. The maximum absolute atomic E-state index is 12.3. The number of carbonyl (C=O) groups excluding carboxylic acids is 2. The molecule has 0 unspecified atom stereocenters. The lowest BCUT2D eigenvalue weighted by Gasteiger charge is -2.32. The van der Waals surface area contributed by atoms with Gasteiger partial charge in [-0.1, -0.05) is 0 Å². The van der Waals surface area contributed by atoms with Crippen LogP contribution in [0.5, 0.6) is 0 Å². The van der Waals surface area contributed by atoms with Gasteiger partial charge in [-0.25, -0.2) is 10.0 Å². The molecule has 8 nitrogen and oxygen atoms in total. The number of piperazine rings is 2. The van der Waals surface area contributed by atoms with Crippen molar-refractivity contribution in [1.29, 1.82) is 0 Å². The first-order valence-corrected chi connectivity index (χ1v) is 9.10. The van der Waals surface area contributed by atoms with Crippen LogP contribution in [0.2, 0.25) is 0 Å². The Labute approximate surface area is 154 Å². The van der Waals surface area contributed by atoms with E-state index in [1.54, 1.807) is 24.3 Å². The van der Waals surface area contributed by atoms with Crippen LogP contribution >= 0.6 is 0 Å². The third-order valence-corrected chi connectivity index (χ3v) is 4.94. The summed E-state index contributed by atoms with van der Waals surface area (Å²) < 4.78 is 0. The summed E-state index contributed by atoms with van der Waals surface area (Å²) in [5.74, 6) is -0.277. The van der Waals surface area contributed by atoms with Crippen LogP contribution in [0.25, 0.3) is 0 Å². The predicted octanol–water partition coefficient (Wildman–Crippen LogP) is -0.529. The van der Waals surface area contributed by atoms with Crippen molar-refractivity contribution in [3.8, 4) is 0 Å². The van der Waals surface area contributed by atoms with Crippen molar-refractivity contribution in [1.82, 2.24) is 30.7 Å². The molecule has 1 aromatic rings. The third-order valence-electron chi connectivity index (χ3n) is 4.94. The molecule has 0 aromatic heterocycles. The fraction of sp³-hybridized carbons (Fsp3) is 0.556. The monoisotopic (exact) mass is 360 g/mol. The van der Waals surface area contributed by atoms with Crippen LogP contribution in [-0.2, 0) is 0 Å². The van der Waals surface area contributed by atoms with E-state index in [-0.39, 0.29) is 11.8 Å². The van der Waals surface area contributed by atoms with Gasteiger partial charge in [-0.15, -0.1) is 0 Å². The van der Waals surface area contributed by atoms with Crippen molar-refractivity contribution in [2.45, 2.75) is 0 Å². The summed E-state index contributed by atoms with van der Waals surface area (Å²) in [6, 6.07) is 6.79. The van der Waals surface area contributed by atoms with Crippen molar-refractivity contribution < 1.29 is 9.59 Å². The lowest BCUT2D eigenvalue weighted by atomic mass is 10.1. The number of rotatable bonds is 4. The normalized spacial score (nSPS) is 20.7. The largest absolute Gasteiger partial charge is 0.304 e. The molecule has 0 radical (unpaired) electrons. The zero-order valence-corrected chi connectivity index (χ0v) is 15.6. The molecule has 0 atom stereocenters. The van der Waals surface area contributed by atoms with Gasteiger partial charge >= 0.3 is 0 Å². The van der Waals surface area contributed by atoms with Gasteiger partial charge in [0.15, 0.2) is 0 Å². The Kier molecular flexibility index (Phi) is 6.20. The van der Waals surface area contributed by atoms with E-state index in [0.29, 0.717) is 11.1 Å². The highest BCUT2D eigenvalue weighted by atomic mass is 16.2. The summed E-state index contributed by atoms with van der Waals surface area (Å²) in [6.45, 7) is 7.00. The number of hydrazine groups is 2. The molecule has 26 heavy (non-hydrogen) atoms. The highest BCUT2D eigenvalue weighted by Crippen LogP contribution is 2.07. The molecule has 2 aliphatic heterocycles. The Hall–Kier alpha value is -2.00. The van der Waals surface area contributed by atoms with Gasteiger partial charge in [0.05, 0.1) is 0 Å². The number of likely N-dealkylation sites (N-methyl/N-ethyl adjacent to an activating group) is 2. The van der Waals surface area contributed by atoms with Crippen LogP contribution in [0.3, 0.4) is 0 Å². The minimum atomic E-state index is -0.138.